The quantitative estimate of drug-likeness (QED) is 0.632. The van der Waals surface area contributed by atoms with Gasteiger partial charge in [0.05, 0.1) is 11.5 Å². The molecule has 1 aliphatic rings. The standard InChI is InChI=1S/C15H17N5O3/c1-10-5-6-11(8-12(10)20(22)23)15(21)18(2)9-14-17-16-13-4-3-7-19(13)14/h5-6,8H,3-4,7,9H2,1-2H3. The van der Waals surface area contributed by atoms with Gasteiger partial charge in [-0.25, -0.2) is 0 Å². The molecule has 0 N–H and O–H groups in total. The van der Waals surface area contributed by atoms with Crippen LogP contribution in [0, 0.1) is 17.0 Å². The van der Waals surface area contributed by atoms with Crippen molar-refractivity contribution in [3.05, 3.63) is 51.1 Å². The second-order valence-electron chi connectivity index (χ2n) is 5.71. The first-order chi connectivity index (χ1) is 11.0. The average Bonchev–Trinajstić information content (AvgIpc) is 3.11. The summed E-state index contributed by atoms with van der Waals surface area (Å²) in [6.07, 6.45) is 1.95. The Hall–Kier alpha value is -2.77. The highest BCUT2D eigenvalue weighted by molar-refractivity contribution is 5.94. The minimum Gasteiger partial charge on any atom is -0.334 e. The smallest absolute Gasteiger partial charge is 0.273 e. The van der Waals surface area contributed by atoms with E-state index in [4.69, 9.17) is 0 Å². The van der Waals surface area contributed by atoms with Crippen molar-refractivity contribution < 1.29 is 9.72 Å². The maximum absolute atomic E-state index is 12.5. The summed E-state index contributed by atoms with van der Waals surface area (Å²) in [5.74, 6) is 1.42. The number of nitro groups is 1. The highest BCUT2D eigenvalue weighted by atomic mass is 16.6. The number of carbonyl (C=O) groups is 1. The molecule has 0 fully saturated rings. The fraction of sp³-hybridized carbons (Fsp3) is 0.400. The van der Waals surface area contributed by atoms with E-state index >= 15 is 0 Å². The number of fused-ring (bicyclic) bond motifs is 1. The van der Waals surface area contributed by atoms with Crippen LogP contribution in [0.3, 0.4) is 0 Å². The molecule has 23 heavy (non-hydrogen) atoms. The summed E-state index contributed by atoms with van der Waals surface area (Å²) in [5.41, 5.74) is 0.781. The lowest BCUT2D eigenvalue weighted by Gasteiger charge is -2.17. The minimum atomic E-state index is -0.475. The SMILES string of the molecule is Cc1ccc(C(=O)N(C)Cc2nnc3n2CCC3)cc1[N+](=O)[O-]. The van der Waals surface area contributed by atoms with Crippen LogP contribution in [0.2, 0.25) is 0 Å². The molecule has 3 rings (SSSR count). The van der Waals surface area contributed by atoms with Crippen molar-refractivity contribution in [1.82, 2.24) is 19.7 Å². The van der Waals surface area contributed by atoms with Crippen LogP contribution in [0.5, 0.6) is 0 Å². The third kappa shape index (κ3) is 2.79. The molecule has 1 aromatic carbocycles. The first-order valence-electron chi connectivity index (χ1n) is 7.39. The molecule has 0 aliphatic carbocycles. The number of hydrogen-bond acceptors (Lipinski definition) is 5. The minimum absolute atomic E-state index is 0.0485. The molecule has 1 amide bonds. The zero-order valence-electron chi connectivity index (χ0n) is 13.0. The van der Waals surface area contributed by atoms with Crippen molar-refractivity contribution >= 4 is 11.6 Å². The molecule has 0 spiro atoms. The topological polar surface area (TPSA) is 94.2 Å². The maximum atomic E-state index is 12.5. The highest BCUT2D eigenvalue weighted by Gasteiger charge is 2.22. The van der Waals surface area contributed by atoms with Gasteiger partial charge in [-0.2, -0.15) is 0 Å². The maximum Gasteiger partial charge on any atom is 0.273 e. The number of hydrogen-bond donors (Lipinski definition) is 0. The zero-order valence-corrected chi connectivity index (χ0v) is 13.0. The number of nitro benzene ring substituents is 1. The van der Waals surface area contributed by atoms with Gasteiger partial charge in [0.1, 0.15) is 5.82 Å². The predicted octanol–water partition coefficient (Wildman–Crippen LogP) is 1.71. The Morgan fingerprint density at radius 2 is 2.22 bits per heavy atom. The van der Waals surface area contributed by atoms with Gasteiger partial charge in [0.15, 0.2) is 5.82 Å². The summed E-state index contributed by atoms with van der Waals surface area (Å²) in [6, 6.07) is 4.52. The normalized spacial score (nSPS) is 13.0. The molecule has 0 saturated heterocycles. The number of benzene rings is 1. The van der Waals surface area contributed by atoms with Crippen molar-refractivity contribution in [3.63, 3.8) is 0 Å². The third-order valence-corrected chi connectivity index (χ3v) is 4.06. The van der Waals surface area contributed by atoms with Crippen molar-refractivity contribution in [1.29, 1.82) is 0 Å². The van der Waals surface area contributed by atoms with Crippen LogP contribution in [-0.4, -0.2) is 37.5 Å². The van der Waals surface area contributed by atoms with Crippen molar-refractivity contribution in [2.75, 3.05) is 7.05 Å². The van der Waals surface area contributed by atoms with Gasteiger partial charge in [0.2, 0.25) is 0 Å². The average molecular weight is 315 g/mol. The van der Waals surface area contributed by atoms with E-state index in [1.54, 1.807) is 26.1 Å². The number of carbonyl (C=O) groups excluding carboxylic acids is 1. The van der Waals surface area contributed by atoms with Crippen LogP contribution in [0.1, 0.15) is 34.0 Å². The number of rotatable bonds is 4. The Balaban J connectivity index is 1.79. The Bertz CT molecular complexity index is 783. The van der Waals surface area contributed by atoms with Crippen LogP contribution in [0.15, 0.2) is 18.2 Å². The molecule has 8 nitrogen and oxygen atoms in total. The highest BCUT2D eigenvalue weighted by Crippen LogP contribution is 2.21. The van der Waals surface area contributed by atoms with E-state index < -0.39 is 4.92 Å². The molecule has 0 bridgehead atoms. The van der Waals surface area contributed by atoms with Crippen molar-refractivity contribution in [2.45, 2.75) is 32.9 Å². The van der Waals surface area contributed by atoms with Gasteiger partial charge in [-0.15, -0.1) is 10.2 Å². The lowest BCUT2D eigenvalue weighted by molar-refractivity contribution is -0.385. The van der Waals surface area contributed by atoms with Gasteiger partial charge in [0, 0.05) is 37.2 Å². The van der Waals surface area contributed by atoms with Gasteiger partial charge in [-0.3, -0.25) is 14.9 Å². The van der Waals surface area contributed by atoms with Gasteiger partial charge in [-0.1, -0.05) is 6.07 Å². The van der Waals surface area contributed by atoms with E-state index in [0.717, 1.165) is 31.0 Å². The Labute approximate surface area is 132 Å². The van der Waals surface area contributed by atoms with Gasteiger partial charge < -0.3 is 9.47 Å². The summed E-state index contributed by atoms with van der Waals surface area (Å²) in [6.45, 7) is 2.85. The van der Waals surface area contributed by atoms with E-state index in [1.807, 2.05) is 4.57 Å². The number of aromatic nitrogens is 3. The van der Waals surface area contributed by atoms with Crippen molar-refractivity contribution in [3.8, 4) is 0 Å². The van der Waals surface area contributed by atoms with E-state index in [2.05, 4.69) is 10.2 Å². The molecule has 8 heteroatoms. The van der Waals surface area contributed by atoms with Gasteiger partial charge in [0.25, 0.3) is 11.6 Å². The molecular formula is C15H17N5O3. The van der Waals surface area contributed by atoms with Gasteiger partial charge >= 0.3 is 0 Å². The Kier molecular flexibility index (Phi) is 3.81. The molecular weight excluding hydrogens is 298 g/mol. The summed E-state index contributed by atoms with van der Waals surface area (Å²) in [7, 11) is 1.66. The molecule has 2 aromatic rings. The fourth-order valence-electron chi connectivity index (χ4n) is 2.77. The summed E-state index contributed by atoms with van der Waals surface area (Å²) >= 11 is 0. The van der Waals surface area contributed by atoms with Crippen LogP contribution in [0.4, 0.5) is 5.69 Å². The summed E-state index contributed by atoms with van der Waals surface area (Å²) in [4.78, 5) is 24.5. The number of aryl methyl sites for hydroxylation is 2. The first kappa shape index (κ1) is 15.1. The molecule has 1 aliphatic heterocycles. The molecule has 1 aromatic heterocycles. The van der Waals surface area contributed by atoms with Crippen LogP contribution >= 0.6 is 0 Å². The molecule has 0 radical (unpaired) electrons. The van der Waals surface area contributed by atoms with E-state index in [9.17, 15) is 14.9 Å². The zero-order chi connectivity index (χ0) is 16.6. The fourth-order valence-corrected chi connectivity index (χ4v) is 2.77. The largest absolute Gasteiger partial charge is 0.334 e. The monoisotopic (exact) mass is 315 g/mol. The van der Waals surface area contributed by atoms with E-state index in [1.165, 1.54) is 11.0 Å². The van der Waals surface area contributed by atoms with Crippen LogP contribution in [-0.2, 0) is 19.5 Å². The van der Waals surface area contributed by atoms with Gasteiger partial charge in [-0.05, 0) is 19.4 Å². The second-order valence-corrected chi connectivity index (χ2v) is 5.71. The van der Waals surface area contributed by atoms with E-state index in [-0.39, 0.29) is 11.6 Å². The summed E-state index contributed by atoms with van der Waals surface area (Å²) < 4.78 is 2.03. The van der Waals surface area contributed by atoms with Crippen LogP contribution in [0.25, 0.3) is 0 Å². The second kappa shape index (κ2) is 5.79. The first-order valence-corrected chi connectivity index (χ1v) is 7.39. The Morgan fingerprint density at radius 3 is 2.96 bits per heavy atom. The van der Waals surface area contributed by atoms with Crippen LogP contribution < -0.4 is 0 Å². The van der Waals surface area contributed by atoms with E-state index in [0.29, 0.717) is 17.7 Å². The predicted molar refractivity (Wildman–Crippen MR) is 82.0 cm³/mol. The number of amides is 1. The molecule has 0 atom stereocenters. The number of nitrogens with zero attached hydrogens (tertiary/aromatic N) is 5. The third-order valence-electron chi connectivity index (χ3n) is 4.06. The molecule has 2 heterocycles. The molecule has 0 saturated carbocycles. The summed E-state index contributed by atoms with van der Waals surface area (Å²) in [5, 5.41) is 19.3. The molecule has 0 unspecified atom stereocenters. The lowest BCUT2D eigenvalue weighted by atomic mass is 10.1. The van der Waals surface area contributed by atoms with Crippen molar-refractivity contribution in [2.24, 2.45) is 0 Å². The lowest BCUT2D eigenvalue weighted by Crippen LogP contribution is -2.27. The molecule has 120 valence electrons. The Morgan fingerprint density at radius 1 is 1.43 bits per heavy atom.